The molecule has 1 atom stereocenters. The predicted octanol–water partition coefficient (Wildman–Crippen LogP) is 4.86. The Morgan fingerprint density at radius 2 is 2.13 bits per heavy atom. The van der Waals surface area contributed by atoms with Crippen LogP contribution in [0.2, 0.25) is 0 Å². The highest BCUT2D eigenvalue weighted by molar-refractivity contribution is 7.10. The van der Waals surface area contributed by atoms with E-state index >= 15 is 0 Å². The SMILES string of the molecule is CC(C)(C)C1CCc2c(C(=O)Nc3cccc(O)c3)csc2C1. The number of hydrogen-bond donors (Lipinski definition) is 2. The number of rotatable bonds is 2. The Bertz CT molecular complexity index is 727. The van der Waals surface area contributed by atoms with E-state index in [2.05, 4.69) is 26.1 Å². The Hall–Kier alpha value is -1.81. The van der Waals surface area contributed by atoms with Gasteiger partial charge in [0, 0.05) is 22.0 Å². The van der Waals surface area contributed by atoms with Crippen LogP contribution in [-0.4, -0.2) is 11.0 Å². The van der Waals surface area contributed by atoms with E-state index in [0.717, 1.165) is 24.8 Å². The fourth-order valence-corrected chi connectivity index (χ4v) is 4.39. The molecule has 0 aliphatic heterocycles. The molecule has 1 aliphatic rings. The summed E-state index contributed by atoms with van der Waals surface area (Å²) in [5, 5.41) is 14.4. The van der Waals surface area contributed by atoms with E-state index in [1.165, 1.54) is 10.4 Å². The zero-order valence-electron chi connectivity index (χ0n) is 13.8. The summed E-state index contributed by atoms with van der Waals surface area (Å²) in [5.41, 5.74) is 2.94. The van der Waals surface area contributed by atoms with Crippen molar-refractivity contribution >= 4 is 22.9 Å². The molecule has 1 aliphatic carbocycles. The minimum absolute atomic E-state index is 0.0812. The van der Waals surface area contributed by atoms with Crippen molar-refractivity contribution in [1.29, 1.82) is 0 Å². The van der Waals surface area contributed by atoms with Crippen LogP contribution in [0.25, 0.3) is 0 Å². The topological polar surface area (TPSA) is 49.3 Å². The molecule has 122 valence electrons. The van der Waals surface area contributed by atoms with Gasteiger partial charge in [-0.15, -0.1) is 11.3 Å². The number of amides is 1. The van der Waals surface area contributed by atoms with Gasteiger partial charge in [0.05, 0.1) is 5.56 Å². The Balaban J connectivity index is 1.78. The number of benzene rings is 1. The fraction of sp³-hybridized carbons (Fsp3) is 0.421. The van der Waals surface area contributed by atoms with E-state index in [9.17, 15) is 9.90 Å². The van der Waals surface area contributed by atoms with Gasteiger partial charge in [0.1, 0.15) is 5.75 Å². The van der Waals surface area contributed by atoms with E-state index < -0.39 is 0 Å². The van der Waals surface area contributed by atoms with Crippen LogP contribution >= 0.6 is 11.3 Å². The summed E-state index contributed by atoms with van der Waals surface area (Å²) in [4.78, 5) is 13.9. The normalized spacial score (nSPS) is 17.6. The van der Waals surface area contributed by atoms with Crippen LogP contribution in [0.15, 0.2) is 29.6 Å². The van der Waals surface area contributed by atoms with Gasteiger partial charge in [0.2, 0.25) is 0 Å². The highest BCUT2D eigenvalue weighted by Gasteiger charge is 2.31. The van der Waals surface area contributed by atoms with Crippen molar-refractivity contribution in [2.45, 2.75) is 40.0 Å². The van der Waals surface area contributed by atoms with Crippen molar-refractivity contribution in [3.63, 3.8) is 0 Å². The lowest BCUT2D eigenvalue weighted by atomic mass is 9.72. The quantitative estimate of drug-likeness (QED) is 0.827. The number of aromatic hydroxyl groups is 1. The van der Waals surface area contributed by atoms with Crippen LogP contribution in [0.1, 0.15) is 48.0 Å². The number of carbonyl (C=O) groups is 1. The maximum Gasteiger partial charge on any atom is 0.256 e. The molecule has 0 radical (unpaired) electrons. The number of phenolic OH excluding ortho intramolecular Hbond substituents is 1. The third-order valence-electron chi connectivity index (χ3n) is 4.73. The lowest BCUT2D eigenvalue weighted by Gasteiger charge is -2.34. The molecule has 1 amide bonds. The van der Waals surface area contributed by atoms with Gasteiger partial charge < -0.3 is 10.4 Å². The highest BCUT2D eigenvalue weighted by atomic mass is 32.1. The first-order chi connectivity index (χ1) is 10.8. The second kappa shape index (κ2) is 6.00. The van der Waals surface area contributed by atoms with Crippen LogP contribution in [0.5, 0.6) is 5.75 Å². The molecule has 0 saturated heterocycles. The number of hydrogen-bond acceptors (Lipinski definition) is 3. The van der Waals surface area contributed by atoms with Gasteiger partial charge in [-0.25, -0.2) is 0 Å². The predicted molar refractivity (Wildman–Crippen MR) is 95.3 cm³/mol. The Labute approximate surface area is 141 Å². The molecule has 2 N–H and O–H groups in total. The second-order valence-corrected chi connectivity index (χ2v) is 8.33. The second-order valence-electron chi connectivity index (χ2n) is 7.36. The lowest BCUT2D eigenvalue weighted by molar-refractivity contribution is 0.102. The third-order valence-corrected chi connectivity index (χ3v) is 5.78. The van der Waals surface area contributed by atoms with Crippen LogP contribution in [0, 0.1) is 11.3 Å². The zero-order chi connectivity index (χ0) is 16.6. The van der Waals surface area contributed by atoms with Gasteiger partial charge in [-0.3, -0.25) is 4.79 Å². The molecular formula is C19H23NO2S. The van der Waals surface area contributed by atoms with Gasteiger partial charge in [0.25, 0.3) is 5.91 Å². The molecular weight excluding hydrogens is 306 g/mol. The minimum atomic E-state index is -0.0812. The van der Waals surface area contributed by atoms with Gasteiger partial charge in [-0.05, 0) is 48.3 Å². The number of phenols is 1. The smallest absolute Gasteiger partial charge is 0.256 e. The van der Waals surface area contributed by atoms with E-state index in [0.29, 0.717) is 17.0 Å². The molecule has 0 fully saturated rings. The highest BCUT2D eigenvalue weighted by Crippen LogP contribution is 2.40. The Morgan fingerprint density at radius 3 is 2.83 bits per heavy atom. The van der Waals surface area contributed by atoms with E-state index in [-0.39, 0.29) is 11.7 Å². The summed E-state index contributed by atoms with van der Waals surface area (Å²) in [6.07, 6.45) is 3.19. The molecule has 1 heterocycles. The first kappa shape index (κ1) is 16.1. The molecule has 0 saturated carbocycles. The standard InChI is InChI=1S/C19H23NO2S/c1-19(2,3)12-7-8-15-16(11-23-17(15)9-12)18(22)20-13-5-4-6-14(21)10-13/h4-6,10-12,21H,7-9H2,1-3H3,(H,20,22). The van der Waals surface area contributed by atoms with Crippen molar-refractivity contribution in [1.82, 2.24) is 0 Å². The van der Waals surface area contributed by atoms with Crippen LogP contribution in [0.4, 0.5) is 5.69 Å². The molecule has 0 spiro atoms. The van der Waals surface area contributed by atoms with Crippen LogP contribution in [0.3, 0.4) is 0 Å². The van der Waals surface area contributed by atoms with Gasteiger partial charge in [-0.2, -0.15) is 0 Å². The van der Waals surface area contributed by atoms with Crippen molar-refractivity contribution in [3.8, 4) is 5.75 Å². The summed E-state index contributed by atoms with van der Waals surface area (Å²) in [7, 11) is 0. The molecule has 4 heteroatoms. The average Bonchev–Trinajstić information content (AvgIpc) is 2.89. The average molecular weight is 329 g/mol. The van der Waals surface area contributed by atoms with Gasteiger partial charge in [0.15, 0.2) is 0 Å². The molecule has 3 nitrogen and oxygen atoms in total. The van der Waals surface area contributed by atoms with Crippen molar-refractivity contribution in [2.24, 2.45) is 11.3 Å². The molecule has 1 unspecified atom stereocenters. The third kappa shape index (κ3) is 3.42. The number of thiophene rings is 1. The summed E-state index contributed by atoms with van der Waals surface area (Å²) < 4.78 is 0. The van der Waals surface area contributed by atoms with Crippen molar-refractivity contribution < 1.29 is 9.90 Å². The Kier molecular flexibility index (Phi) is 4.19. The number of fused-ring (bicyclic) bond motifs is 1. The summed E-state index contributed by atoms with van der Waals surface area (Å²) >= 11 is 1.70. The van der Waals surface area contributed by atoms with E-state index in [1.54, 1.807) is 35.6 Å². The maximum atomic E-state index is 12.6. The minimum Gasteiger partial charge on any atom is -0.508 e. The number of carbonyl (C=O) groups excluding carboxylic acids is 1. The van der Waals surface area contributed by atoms with Crippen molar-refractivity contribution in [3.05, 3.63) is 45.6 Å². The van der Waals surface area contributed by atoms with Gasteiger partial charge >= 0.3 is 0 Å². The van der Waals surface area contributed by atoms with Gasteiger partial charge in [-0.1, -0.05) is 26.8 Å². The summed E-state index contributed by atoms with van der Waals surface area (Å²) in [6.45, 7) is 6.89. The molecule has 1 aromatic carbocycles. The number of anilines is 1. The zero-order valence-corrected chi connectivity index (χ0v) is 14.7. The lowest BCUT2D eigenvalue weighted by Crippen LogP contribution is -2.27. The van der Waals surface area contributed by atoms with Crippen LogP contribution < -0.4 is 5.32 Å². The Morgan fingerprint density at radius 1 is 1.35 bits per heavy atom. The summed E-state index contributed by atoms with van der Waals surface area (Å²) in [5.74, 6) is 0.751. The maximum absolute atomic E-state index is 12.6. The molecule has 1 aromatic heterocycles. The summed E-state index contributed by atoms with van der Waals surface area (Å²) in [6, 6.07) is 6.66. The fourth-order valence-electron chi connectivity index (χ4n) is 3.22. The molecule has 2 aromatic rings. The molecule has 23 heavy (non-hydrogen) atoms. The molecule has 3 rings (SSSR count). The van der Waals surface area contributed by atoms with Crippen LogP contribution in [-0.2, 0) is 12.8 Å². The largest absolute Gasteiger partial charge is 0.508 e. The first-order valence-electron chi connectivity index (χ1n) is 8.04. The van der Waals surface area contributed by atoms with Crippen molar-refractivity contribution in [2.75, 3.05) is 5.32 Å². The first-order valence-corrected chi connectivity index (χ1v) is 8.92. The van der Waals surface area contributed by atoms with E-state index in [4.69, 9.17) is 0 Å². The molecule has 0 bridgehead atoms. The monoisotopic (exact) mass is 329 g/mol. The van der Waals surface area contributed by atoms with E-state index in [1.807, 2.05) is 5.38 Å². The number of nitrogens with one attached hydrogen (secondary N) is 1.